The molecule has 6 heteroatoms. The molecule has 1 saturated heterocycles. The number of likely N-dealkylation sites (tertiary alicyclic amines) is 1. The first kappa shape index (κ1) is 18.8. The van der Waals surface area contributed by atoms with Crippen molar-refractivity contribution in [3.8, 4) is 11.3 Å². The molecule has 0 spiro atoms. The van der Waals surface area contributed by atoms with Crippen molar-refractivity contribution in [3.63, 3.8) is 0 Å². The number of piperidine rings is 1. The molecular weight excluding hydrogens is 377 g/mol. The summed E-state index contributed by atoms with van der Waals surface area (Å²) in [7, 11) is 2.09. The summed E-state index contributed by atoms with van der Waals surface area (Å²) >= 11 is 6.30. The zero-order valence-corrected chi connectivity index (χ0v) is 16.3. The third-order valence-electron chi connectivity index (χ3n) is 5.28. The summed E-state index contributed by atoms with van der Waals surface area (Å²) < 4.78 is 14.3. The summed E-state index contributed by atoms with van der Waals surface area (Å²) in [6.07, 6.45) is 3.39. The number of fused-ring (bicyclic) bond motifs is 1. The molecule has 144 valence electrons. The Balaban J connectivity index is 1.70. The van der Waals surface area contributed by atoms with Gasteiger partial charge in [-0.15, -0.1) is 0 Å². The molecule has 1 amide bonds. The van der Waals surface area contributed by atoms with E-state index >= 15 is 0 Å². The van der Waals surface area contributed by atoms with Crippen LogP contribution in [0.2, 0.25) is 5.02 Å². The third kappa shape index (κ3) is 3.73. The molecule has 1 aliphatic heterocycles. The van der Waals surface area contributed by atoms with Crippen molar-refractivity contribution in [1.82, 2.24) is 15.2 Å². The standard InChI is InChI=1S/C22H21ClFN3O/c1-27-10-8-15(9-11-27)26-22(28)14-6-7-16-18(12-14)21(25-13-19(16)23)17-4-2-3-5-20(17)24/h2-7,12-13,15H,8-11H2,1H3,(H,26,28). The normalized spacial score (nSPS) is 15.7. The van der Waals surface area contributed by atoms with E-state index in [0.29, 0.717) is 27.2 Å². The number of halogens is 2. The number of hydrogen-bond acceptors (Lipinski definition) is 3. The number of benzene rings is 2. The van der Waals surface area contributed by atoms with Crippen LogP contribution in [0.1, 0.15) is 23.2 Å². The fraction of sp³-hybridized carbons (Fsp3) is 0.273. The van der Waals surface area contributed by atoms with Crippen molar-refractivity contribution < 1.29 is 9.18 Å². The van der Waals surface area contributed by atoms with E-state index in [0.717, 1.165) is 31.3 Å². The van der Waals surface area contributed by atoms with E-state index in [2.05, 4.69) is 22.2 Å². The van der Waals surface area contributed by atoms with Gasteiger partial charge in [-0.2, -0.15) is 0 Å². The molecule has 1 N–H and O–H groups in total. The largest absolute Gasteiger partial charge is 0.349 e. The summed E-state index contributed by atoms with van der Waals surface area (Å²) in [5, 5.41) is 4.98. The summed E-state index contributed by atoms with van der Waals surface area (Å²) in [4.78, 5) is 19.4. The zero-order chi connectivity index (χ0) is 19.7. The predicted molar refractivity (Wildman–Crippen MR) is 110 cm³/mol. The number of nitrogens with zero attached hydrogens (tertiary/aromatic N) is 2. The predicted octanol–water partition coefficient (Wildman–Crippen LogP) is 4.52. The van der Waals surface area contributed by atoms with Gasteiger partial charge in [0, 0.05) is 34.1 Å². The second-order valence-corrected chi connectivity index (χ2v) is 7.65. The van der Waals surface area contributed by atoms with Crippen molar-refractivity contribution in [2.75, 3.05) is 20.1 Å². The van der Waals surface area contributed by atoms with Crippen LogP contribution >= 0.6 is 11.6 Å². The SMILES string of the molecule is CN1CCC(NC(=O)c2ccc3c(Cl)cnc(-c4ccccc4F)c3c2)CC1. The molecule has 0 aliphatic carbocycles. The van der Waals surface area contributed by atoms with E-state index in [9.17, 15) is 9.18 Å². The molecule has 28 heavy (non-hydrogen) atoms. The number of nitrogens with one attached hydrogen (secondary N) is 1. The minimum atomic E-state index is -0.361. The first-order valence-corrected chi connectivity index (χ1v) is 9.73. The van der Waals surface area contributed by atoms with E-state index in [1.165, 1.54) is 12.3 Å². The van der Waals surface area contributed by atoms with E-state index in [1.807, 2.05) is 0 Å². The summed E-state index contributed by atoms with van der Waals surface area (Å²) in [5.41, 5.74) is 1.39. The lowest BCUT2D eigenvalue weighted by molar-refractivity contribution is 0.0917. The van der Waals surface area contributed by atoms with Crippen molar-refractivity contribution in [1.29, 1.82) is 0 Å². The highest BCUT2D eigenvalue weighted by Gasteiger charge is 2.20. The highest BCUT2D eigenvalue weighted by atomic mass is 35.5. The number of carbonyl (C=O) groups excluding carboxylic acids is 1. The van der Waals surface area contributed by atoms with Gasteiger partial charge in [0.05, 0.1) is 10.7 Å². The van der Waals surface area contributed by atoms with Gasteiger partial charge in [0.15, 0.2) is 0 Å². The molecule has 1 aliphatic rings. The van der Waals surface area contributed by atoms with Crippen LogP contribution in [0.5, 0.6) is 0 Å². The maximum Gasteiger partial charge on any atom is 0.251 e. The molecule has 0 bridgehead atoms. The molecule has 4 rings (SSSR count). The smallest absolute Gasteiger partial charge is 0.251 e. The van der Waals surface area contributed by atoms with Gasteiger partial charge in [0.25, 0.3) is 5.91 Å². The Labute approximate surface area is 168 Å². The fourth-order valence-corrected chi connectivity index (χ4v) is 3.85. The van der Waals surface area contributed by atoms with Crippen molar-refractivity contribution in [3.05, 3.63) is 65.1 Å². The minimum absolute atomic E-state index is 0.129. The number of pyridine rings is 1. The second kappa shape index (κ2) is 7.86. The van der Waals surface area contributed by atoms with E-state index < -0.39 is 0 Å². The van der Waals surface area contributed by atoms with Gasteiger partial charge < -0.3 is 10.2 Å². The first-order valence-electron chi connectivity index (χ1n) is 9.35. The van der Waals surface area contributed by atoms with Crippen LogP contribution in [0, 0.1) is 5.82 Å². The molecule has 0 radical (unpaired) electrons. The summed E-state index contributed by atoms with van der Waals surface area (Å²) in [5.74, 6) is -0.490. The van der Waals surface area contributed by atoms with E-state index in [1.54, 1.807) is 36.4 Å². The van der Waals surface area contributed by atoms with Crippen LogP contribution < -0.4 is 5.32 Å². The summed E-state index contributed by atoms with van der Waals surface area (Å²) in [6, 6.07) is 11.9. The molecule has 0 atom stereocenters. The van der Waals surface area contributed by atoms with Gasteiger partial charge in [0.2, 0.25) is 0 Å². The van der Waals surface area contributed by atoms with Crippen LogP contribution in [0.15, 0.2) is 48.7 Å². The third-order valence-corrected chi connectivity index (χ3v) is 5.59. The average Bonchev–Trinajstić information content (AvgIpc) is 2.70. The number of amides is 1. The van der Waals surface area contributed by atoms with E-state index in [-0.39, 0.29) is 17.8 Å². The Morgan fingerprint density at radius 3 is 2.68 bits per heavy atom. The van der Waals surface area contributed by atoms with Crippen LogP contribution in [0.4, 0.5) is 4.39 Å². The molecule has 3 aromatic rings. The quantitative estimate of drug-likeness (QED) is 0.706. The van der Waals surface area contributed by atoms with Gasteiger partial charge in [-0.05, 0) is 57.2 Å². The molecular formula is C22H21ClFN3O. The van der Waals surface area contributed by atoms with Gasteiger partial charge in [-0.25, -0.2) is 4.39 Å². The lowest BCUT2D eigenvalue weighted by Crippen LogP contribution is -2.43. The van der Waals surface area contributed by atoms with E-state index in [4.69, 9.17) is 11.6 Å². The van der Waals surface area contributed by atoms with Crippen molar-refractivity contribution >= 4 is 28.3 Å². The fourth-order valence-electron chi connectivity index (χ4n) is 3.64. The monoisotopic (exact) mass is 397 g/mol. The lowest BCUT2D eigenvalue weighted by atomic mass is 10.0. The Hall–Kier alpha value is -2.50. The van der Waals surface area contributed by atoms with Gasteiger partial charge in [-0.3, -0.25) is 9.78 Å². The average molecular weight is 398 g/mol. The highest BCUT2D eigenvalue weighted by Crippen LogP contribution is 2.33. The molecule has 1 aromatic heterocycles. The Morgan fingerprint density at radius 2 is 1.93 bits per heavy atom. The highest BCUT2D eigenvalue weighted by molar-refractivity contribution is 6.35. The number of carbonyl (C=O) groups is 1. The minimum Gasteiger partial charge on any atom is -0.349 e. The first-order chi connectivity index (χ1) is 13.5. The molecule has 2 heterocycles. The summed E-state index contributed by atoms with van der Waals surface area (Å²) in [6.45, 7) is 1.94. The number of hydrogen-bond donors (Lipinski definition) is 1. The van der Waals surface area contributed by atoms with Gasteiger partial charge in [0.1, 0.15) is 5.82 Å². The molecule has 4 nitrogen and oxygen atoms in total. The van der Waals surface area contributed by atoms with Gasteiger partial charge in [-0.1, -0.05) is 29.8 Å². The van der Waals surface area contributed by atoms with Gasteiger partial charge >= 0.3 is 0 Å². The molecule has 0 saturated carbocycles. The zero-order valence-electron chi connectivity index (χ0n) is 15.6. The molecule has 0 unspecified atom stereocenters. The van der Waals surface area contributed by atoms with Crippen LogP contribution in [0.3, 0.4) is 0 Å². The maximum atomic E-state index is 14.3. The number of rotatable bonds is 3. The van der Waals surface area contributed by atoms with Crippen molar-refractivity contribution in [2.45, 2.75) is 18.9 Å². The topological polar surface area (TPSA) is 45.2 Å². The Bertz CT molecular complexity index is 1030. The van der Waals surface area contributed by atoms with Crippen molar-refractivity contribution in [2.24, 2.45) is 0 Å². The van der Waals surface area contributed by atoms with Crippen LogP contribution in [-0.4, -0.2) is 42.0 Å². The lowest BCUT2D eigenvalue weighted by Gasteiger charge is -2.29. The van der Waals surface area contributed by atoms with Crippen LogP contribution in [-0.2, 0) is 0 Å². The Kier molecular flexibility index (Phi) is 5.29. The second-order valence-electron chi connectivity index (χ2n) is 7.25. The molecule has 2 aromatic carbocycles. The molecule has 1 fully saturated rings. The van der Waals surface area contributed by atoms with Crippen LogP contribution in [0.25, 0.3) is 22.0 Å². The number of aromatic nitrogens is 1. The maximum absolute atomic E-state index is 14.3. The Morgan fingerprint density at radius 1 is 1.18 bits per heavy atom.